The smallest absolute Gasteiger partial charge is 0.308 e. The SMILES string of the molecule is Cc1cccc(CC(CNC(=O)C2(C#N)CCOCC2)C(=O)O)c1. The Balaban J connectivity index is 1.99. The minimum absolute atomic E-state index is 0.00634. The molecular formula is C18H22N2O4. The van der Waals surface area contributed by atoms with Crippen molar-refractivity contribution >= 4 is 11.9 Å². The lowest BCUT2D eigenvalue weighted by molar-refractivity contribution is -0.142. The van der Waals surface area contributed by atoms with E-state index in [-0.39, 0.29) is 6.54 Å². The van der Waals surface area contributed by atoms with Gasteiger partial charge in [0, 0.05) is 19.8 Å². The second-order valence-electron chi connectivity index (χ2n) is 6.24. The lowest BCUT2D eigenvalue weighted by Gasteiger charge is -2.29. The molecule has 0 aliphatic carbocycles. The number of carbonyl (C=O) groups excluding carboxylic acids is 1. The maximum Gasteiger partial charge on any atom is 0.308 e. The predicted octanol–water partition coefficient (Wildman–Crippen LogP) is 1.67. The van der Waals surface area contributed by atoms with Gasteiger partial charge in [0.1, 0.15) is 5.41 Å². The molecule has 0 aromatic heterocycles. The first-order valence-corrected chi connectivity index (χ1v) is 8.02. The van der Waals surface area contributed by atoms with Crippen LogP contribution in [0.15, 0.2) is 24.3 Å². The summed E-state index contributed by atoms with van der Waals surface area (Å²) in [6.45, 7) is 2.69. The number of nitrogens with zero attached hydrogens (tertiary/aromatic N) is 1. The summed E-state index contributed by atoms with van der Waals surface area (Å²) in [4.78, 5) is 23.9. The summed E-state index contributed by atoms with van der Waals surface area (Å²) in [7, 11) is 0. The van der Waals surface area contributed by atoms with Gasteiger partial charge in [-0.2, -0.15) is 5.26 Å². The molecule has 6 heteroatoms. The molecule has 0 radical (unpaired) electrons. The third-order valence-corrected chi connectivity index (χ3v) is 4.42. The van der Waals surface area contributed by atoms with E-state index in [1.165, 1.54) is 0 Å². The molecule has 2 rings (SSSR count). The van der Waals surface area contributed by atoms with E-state index in [9.17, 15) is 20.0 Å². The number of carbonyl (C=O) groups is 2. The Morgan fingerprint density at radius 1 is 1.42 bits per heavy atom. The second kappa shape index (κ2) is 7.93. The minimum Gasteiger partial charge on any atom is -0.481 e. The van der Waals surface area contributed by atoms with E-state index < -0.39 is 23.2 Å². The number of amides is 1. The van der Waals surface area contributed by atoms with Gasteiger partial charge in [-0.1, -0.05) is 29.8 Å². The van der Waals surface area contributed by atoms with Gasteiger partial charge >= 0.3 is 5.97 Å². The zero-order valence-electron chi connectivity index (χ0n) is 13.7. The molecule has 6 nitrogen and oxygen atoms in total. The highest BCUT2D eigenvalue weighted by atomic mass is 16.5. The molecule has 1 saturated heterocycles. The van der Waals surface area contributed by atoms with E-state index >= 15 is 0 Å². The molecule has 1 aliphatic rings. The number of ether oxygens (including phenoxy) is 1. The third kappa shape index (κ3) is 4.33. The lowest BCUT2D eigenvalue weighted by atomic mass is 9.80. The Kier molecular flexibility index (Phi) is 5.93. The van der Waals surface area contributed by atoms with Crippen molar-refractivity contribution in [2.75, 3.05) is 19.8 Å². The van der Waals surface area contributed by atoms with Gasteiger partial charge in [-0.15, -0.1) is 0 Å². The molecule has 2 N–H and O–H groups in total. The zero-order valence-corrected chi connectivity index (χ0v) is 13.7. The third-order valence-electron chi connectivity index (χ3n) is 4.42. The van der Waals surface area contributed by atoms with E-state index in [4.69, 9.17) is 4.74 Å². The van der Waals surface area contributed by atoms with Crippen LogP contribution in [0.2, 0.25) is 0 Å². The van der Waals surface area contributed by atoms with Crippen LogP contribution < -0.4 is 5.32 Å². The topological polar surface area (TPSA) is 99.4 Å². The average molecular weight is 330 g/mol. The molecule has 1 fully saturated rings. The summed E-state index contributed by atoms with van der Waals surface area (Å²) >= 11 is 0. The van der Waals surface area contributed by atoms with Crippen LogP contribution in [-0.2, 0) is 20.7 Å². The number of carboxylic acid groups (broad SMARTS) is 1. The van der Waals surface area contributed by atoms with E-state index in [0.29, 0.717) is 32.5 Å². The average Bonchev–Trinajstić information content (AvgIpc) is 2.58. The second-order valence-corrected chi connectivity index (χ2v) is 6.24. The van der Waals surface area contributed by atoms with Crippen molar-refractivity contribution in [1.29, 1.82) is 5.26 Å². The minimum atomic E-state index is -1.11. The van der Waals surface area contributed by atoms with Crippen LogP contribution in [0.1, 0.15) is 24.0 Å². The molecule has 1 unspecified atom stereocenters. The lowest BCUT2D eigenvalue weighted by Crippen LogP contribution is -2.46. The highest BCUT2D eigenvalue weighted by Gasteiger charge is 2.40. The van der Waals surface area contributed by atoms with E-state index in [1.807, 2.05) is 31.2 Å². The maximum atomic E-state index is 12.4. The van der Waals surface area contributed by atoms with Crippen LogP contribution in [-0.4, -0.2) is 36.7 Å². The Hall–Kier alpha value is -2.39. The number of carboxylic acids is 1. The van der Waals surface area contributed by atoms with Crippen molar-refractivity contribution < 1.29 is 19.4 Å². The van der Waals surface area contributed by atoms with E-state index in [1.54, 1.807) is 0 Å². The molecule has 0 saturated carbocycles. The number of hydrogen-bond donors (Lipinski definition) is 2. The predicted molar refractivity (Wildman–Crippen MR) is 87.1 cm³/mol. The standard InChI is InChI=1S/C18H22N2O4/c1-13-3-2-4-14(9-13)10-15(16(21)22)11-20-17(23)18(12-19)5-7-24-8-6-18/h2-4,9,15H,5-8,10-11H2,1H3,(H,20,23)(H,21,22). The molecule has 1 amide bonds. The van der Waals surface area contributed by atoms with Gasteiger partial charge in [-0.05, 0) is 31.7 Å². The normalized spacial score (nSPS) is 17.5. The molecule has 1 aliphatic heterocycles. The van der Waals surface area contributed by atoms with Gasteiger partial charge in [0.15, 0.2) is 0 Å². The van der Waals surface area contributed by atoms with Crippen molar-refractivity contribution in [3.63, 3.8) is 0 Å². The molecule has 1 heterocycles. The summed E-state index contributed by atoms with van der Waals surface area (Å²) in [5.74, 6) is -2.09. The molecule has 1 aromatic rings. The van der Waals surface area contributed by atoms with Gasteiger partial charge in [0.25, 0.3) is 0 Å². The summed E-state index contributed by atoms with van der Waals surface area (Å²) in [5.41, 5.74) is 0.869. The fraction of sp³-hybridized carbons (Fsp3) is 0.500. The molecule has 0 bridgehead atoms. The van der Waals surface area contributed by atoms with Crippen molar-refractivity contribution in [3.8, 4) is 6.07 Å². The van der Waals surface area contributed by atoms with Crippen LogP contribution in [0.25, 0.3) is 0 Å². The number of rotatable bonds is 6. The van der Waals surface area contributed by atoms with Crippen LogP contribution in [0.5, 0.6) is 0 Å². The van der Waals surface area contributed by atoms with Gasteiger partial charge in [0.05, 0.1) is 12.0 Å². The number of benzene rings is 1. The van der Waals surface area contributed by atoms with E-state index in [0.717, 1.165) is 11.1 Å². The molecule has 1 aromatic carbocycles. The summed E-state index contributed by atoms with van der Waals surface area (Å²) in [6.07, 6.45) is 1.01. The number of nitrogens with one attached hydrogen (secondary N) is 1. The first-order chi connectivity index (χ1) is 11.5. The summed E-state index contributed by atoms with van der Waals surface area (Å²) < 4.78 is 5.21. The Labute approximate surface area is 141 Å². The van der Waals surface area contributed by atoms with Gasteiger partial charge in [-0.3, -0.25) is 9.59 Å². The Morgan fingerprint density at radius 3 is 2.71 bits per heavy atom. The van der Waals surface area contributed by atoms with Crippen LogP contribution in [0.3, 0.4) is 0 Å². The van der Waals surface area contributed by atoms with Crippen LogP contribution in [0.4, 0.5) is 0 Å². The van der Waals surface area contributed by atoms with Gasteiger partial charge in [0.2, 0.25) is 5.91 Å². The molecule has 24 heavy (non-hydrogen) atoms. The van der Waals surface area contributed by atoms with Crippen molar-refractivity contribution in [3.05, 3.63) is 35.4 Å². The zero-order chi connectivity index (χ0) is 17.6. The Morgan fingerprint density at radius 2 is 2.12 bits per heavy atom. The maximum absolute atomic E-state index is 12.4. The molecule has 1 atom stereocenters. The van der Waals surface area contributed by atoms with Gasteiger partial charge in [-0.25, -0.2) is 0 Å². The van der Waals surface area contributed by atoms with Crippen LogP contribution >= 0.6 is 0 Å². The number of nitriles is 1. The summed E-state index contributed by atoms with van der Waals surface area (Å²) in [6, 6.07) is 9.73. The molecule has 0 spiro atoms. The van der Waals surface area contributed by atoms with E-state index in [2.05, 4.69) is 11.4 Å². The first kappa shape index (κ1) is 18.0. The first-order valence-electron chi connectivity index (χ1n) is 8.02. The fourth-order valence-corrected chi connectivity index (χ4v) is 2.87. The number of hydrogen-bond acceptors (Lipinski definition) is 4. The van der Waals surface area contributed by atoms with Crippen molar-refractivity contribution in [2.45, 2.75) is 26.2 Å². The van der Waals surface area contributed by atoms with Crippen LogP contribution in [0, 0.1) is 29.6 Å². The quantitative estimate of drug-likeness (QED) is 0.826. The van der Waals surface area contributed by atoms with Crippen molar-refractivity contribution in [2.24, 2.45) is 11.3 Å². The highest BCUT2D eigenvalue weighted by molar-refractivity contribution is 5.86. The number of aryl methyl sites for hydroxylation is 1. The fourth-order valence-electron chi connectivity index (χ4n) is 2.87. The molecular weight excluding hydrogens is 308 g/mol. The highest BCUT2D eigenvalue weighted by Crippen LogP contribution is 2.29. The summed E-state index contributed by atoms with van der Waals surface area (Å²) in [5, 5.41) is 21.4. The van der Waals surface area contributed by atoms with Crippen molar-refractivity contribution in [1.82, 2.24) is 5.32 Å². The van der Waals surface area contributed by atoms with Gasteiger partial charge < -0.3 is 15.2 Å². The Bertz CT molecular complexity index is 645. The molecule has 128 valence electrons. The largest absolute Gasteiger partial charge is 0.481 e. The monoisotopic (exact) mass is 330 g/mol. The number of aliphatic carboxylic acids is 1.